The van der Waals surface area contributed by atoms with Gasteiger partial charge in [0.25, 0.3) is 0 Å². The molecule has 0 spiro atoms. The van der Waals surface area contributed by atoms with E-state index in [0.29, 0.717) is 0 Å². The highest BCUT2D eigenvalue weighted by atomic mass is 32.2. The van der Waals surface area contributed by atoms with Gasteiger partial charge in [0, 0.05) is 0 Å². The molecule has 1 aromatic rings. The minimum absolute atomic E-state index is 0.0112. The van der Waals surface area contributed by atoms with Crippen LogP contribution < -0.4 is 5.73 Å². The van der Waals surface area contributed by atoms with Crippen molar-refractivity contribution in [2.75, 3.05) is 11.5 Å². The zero-order valence-electron chi connectivity index (χ0n) is 8.38. The van der Waals surface area contributed by atoms with Gasteiger partial charge in [0.05, 0.1) is 11.3 Å². The van der Waals surface area contributed by atoms with Crippen molar-refractivity contribution in [3.05, 3.63) is 17.2 Å². The second-order valence-electron chi connectivity index (χ2n) is 2.87. The van der Waals surface area contributed by atoms with Crippen molar-refractivity contribution in [1.29, 1.82) is 5.26 Å². The predicted octanol–water partition coefficient (Wildman–Crippen LogP) is 0.410. The summed E-state index contributed by atoms with van der Waals surface area (Å²) in [6, 6.07) is 2.82. The van der Waals surface area contributed by atoms with Crippen molar-refractivity contribution in [1.82, 2.24) is 4.98 Å². The molecule has 4 N–H and O–H groups in total. The van der Waals surface area contributed by atoms with Crippen LogP contribution in [-0.2, 0) is 4.79 Å². The summed E-state index contributed by atoms with van der Waals surface area (Å²) in [6.07, 6.45) is 0. The molecule has 0 radical (unpaired) electrons. The molecule has 7 nitrogen and oxygen atoms in total. The molecule has 1 rings (SSSR count). The molecule has 17 heavy (non-hydrogen) atoms. The Bertz CT molecular complexity index is 524. The number of thioether (sulfide) groups is 1. The summed E-state index contributed by atoms with van der Waals surface area (Å²) in [5.41, 5.74) is 5.10. The van der Waals surface area contributed by atoms with Gasteiger partial charge in [-0.3, -0.25) is 4.79 Å². The summed E-state index contributed by atoms with van der Waals surface area (Å²) in [6.45, 7) is 0. The van der Waals surface area contributed by atoms with Crippen LogP contribution in [0.4, 0.5) is 5.82 Å². The van der Waals surface area contributed by atoms with E-state index in [9.17, 15) is 9.59 Å². The van der Waals surface area contributed by atoms with Gasteiger partial charge in [-0.25, -0.2) is 9.78 Å². The molecule has 1 aromatic heterocycles. The maximum absolute atomic E-state index is 10.7. The van der Waals surface area contributed by atoms with Crippen molar-refractivity contribution in [3.8, 4) is 6.07 Å². The topological polar surface area (TPSA) is 137 Å². The highest BCUT2D eigenvalue weighted by Crippen LogP contribution is 2.23. The number of carboxylic acids is 2. The van der Waals surface area contributed by atoms with Crippen LogP contribution in [-0.4, -0.2) is 32.9 Å². The smallest absolute Gasteiger partial charge is 0.339 e. The number of carboxylic acid groups (broad SMARTS) is 2. The van der Waals surface area contributed by atoms with E-state index in [2.05, 4.69) is 4.98 Å². The molecule has 0 aromatic carbocycles. The van der Waals surface area contributed by atoms with Gasteiger partial charge < -0.3 is 15.9 Å². The van der Waals surface area contributed by atoms with E-state index in [1.165, 1.54) is 0 Å². The Balaban J connectivity index is 3.15. The maximum Gasteiger partial charge on any atom is 0.339 e. The van der Waals surface area contributed by atoms with E-state index < -0.39 is 11.9 Å². The summed E-state index contributed by atoms with van der Waals surface area (Å²) in [4.78, 5) is 24.8. The first-order valence-corrected chi connectivity index (χ1v) is 5.22. The molecule has 0 aliphatic rings. The highest BCUT2D eigenvalue weighted by molar-refractivity contribution is 7.99. The van der Waals surface area contributed by atoms with E-state index in [-0.39, 0.29) is 27.7 Å². The van der Waals surface area contributed by atoms with Crippen LogP contribution in [0.5, 0.6) is 0 Å². The molecule has 1 heterocycles. The summed E-state index contributed by atoms with van der Waals surface area (Å²) >= 11 is 0.808. The van der Waals surface area contributed by atoms with Crippen LogP contribution in [0.1, 0.15) is 15.9 Å². The van der Waals surface area contributed by atoms with Gasteiger partial charge in [-0.1, -0.05) is 11.8 Å². The lowest BCUT2D eigenvalue weighted by Crippen LogP contribution is -2.07. The van der Waals surface area contributed by atoms with Gasteiger partial charge in [-0.05, 0) is 6.07 Å². The average molecular weight is 253 g/mol. The summed E-state index contributed by atoms with van der Waals surface area (Å²) < 4.78 is 0. The Kier molecular flexibility index (Phi) is 3.90. The Morgan fingerprint density at radius 2 is 2.18 bits per heavy atom. The number of nitrogens with zero attached hydrogens (tertiary/aromatic N) is 2. The number of nitrogen functional groups attached to an aromatic ring is 1. The second kappa shape index (κ2) is 5.18. The van der Waals surface area contributed by atoms with E-state index in [1.54, 1.807) is 6.07 Å². The van der Waals surface area contributed by atoms with Crippen molar-refractivity contribution < 1.29 is 19.8 Å². The first-order chi connectivity index (χ1) is 7.95. The molecule has 0 fully saturated rings. The van der Waals surface area contributed by atoms with Gasteiger partial charge >= 0.3 is 11.9 Å². The summed E-state index contributed by atoms with van der Waals surface area (Å²) in [5, 5.41) is 26.2. The number of anilines is 1. The van der Waals surface area contributed by atoms with Crippen LogP contribution in [0.2, 0.25) is 0 Å². The molecule has 88 valence electrons. The molecule has 0 bridgehead atoms. The number of nitriles is 1. The lowest BCUT2D eigenvalue weighted by molar-refractivity contribution is -0.133. The van der Waals surface area contributed by atoms with E-state index in [1.807, 2.05) is 0 Å². The fourth-order valence-corrected chi connectivity index (χ4v) is 1.68. The van der Waals surface area contributed by atoms with Crippen LogP contribution in [0.25, 0.3) is 0 Å². The number of aliphatic carboxylic acids is 1. The minimum Gasteiger partial charge on any atom is -0.481 e. The van der Waals surface area contributed by atoms with Crippen molar-refractivity contribution >= 4 is 29.5 Å². The number of aromatic carboxylic acids is 1. The summed E-state index contributed by atoms with van der Waals surface area (Å²) in [5.74, 6) is -2.89. The normalized spacial score (nSPS) is 9.59. The van der Waals surface area contributed by atoms with Crippen LogP contribution >= 0.6 is 11.8 Å². The molecule has 8 heteroatoms. The SMILES string of the molecule is N#Cc1cc(C(=O)O)c(N)nc1SCC(=O)O. The van der Waals surface area contributed by atoms with Gasteiger partial charge in [-0.2, -0.15) is 5.26 Å². The Hall–Kier alpha value is -2.27. The first kappa shape index (κ1) is 12.8. The van der Waals surface area contributed by atoms with Gasteiger partial charge in [-0.15, -0.1) is 0 Å². The van der Waals surface area contributed by atoms with Crippen LogP contribution in [0, 0.1) is 11.3 Å². The van der Waals surface area contributed by atoms with Crippen molar-refractivity contribution in [2.45, 2.75) is 5.03 Å². The number of rotatable bonds is 4. The number of nitrogens with two attached hydrogens (primary N) is 1. The molecule has 0 saturated heterocycles. The minimum atomic E-state index is -1.29. The second-order valence-corrected chi connectivity index (χ2v) is 3.84. The van der Waals surface area contributed by atoms with Gasteiger partial charge in [0.15, 0.2) is 0 Å². The monoisotopic (exact) mass is 253 g/mol. The molecular weight excluding hydrogens is 246 g/mol. The number of aromatic nitrogens is 1. The number of hydrogen-bond acceptors (Lipinski definition) is 6. The lowest BCUT2D eigenvalue weighted by Gasteiger charge is -2.05. The highest BCUT2D eigenvalue weighted by Gasteiger charge is 2.15. The molecule has 0 aliphatic carbocycles. The molecule has 0 saturated carbocycles. The van der Waals surface area contributed by atoms with Crippen molar-refractivity contribution in [3.63, 3.8) is 0 Å². The number of carbonyl (C=O) groups is 2. The Labute approximate surface area is 99.9 Å². The van der Waals surface area contributed by atoms with Gasteiger partial charge in [0.2, 0.25) is 0 Å². The van der Waals surface area contributed by atoms with Crippen molar-refractivity contribution in [2.24, 2.45) is 0 Å². The fraction of sp³-hybridized carbons (Fsp3) is 0.111. The molecule has 0 aliphatic heterocycles. The third kappa shape index (κ3) is 3.09. The van der Waals surface area contributed by atoms with E-state index in [0.717, 1.165) is 17.8 Å². The largest absolute Gasteiger partial charge is 0.481 e. The maximum atomic E-state index is 10.7. The third-order valence-electron chi connectivity index (χ3n) is 1.70. The Morgan fingerprint density at radius 3 is 2.65 bits per heavy atom. The Morgan fingerprint density at radius 1 is 1.53 bits per heavy atom. The van der Waals surface area contributed by atoms with E-state index in [4.69, 9.17) is 21.2 Å². The number of pyridine rings is 1. The first-order valence-electron chi connectivity index (χ1n) is 4.24. The lowest BCUT2D eigenvalue weighted by atomic mass is 10.2. The fourth-order valence-electron chi connectivity index (χ4n) is 1.00. The standard InChI is InChI=1S/C9H7N3O4S/c10-2-4-1-5(9(15)16)7(11)12-8(4)17-3-6(13)14/h1H,3H2,(H2,11,12)(H,13,14)(H,15,16). The average Bonchev–Trinajstić information content (AvgIpc) is 2.25. The molecule has 0 unspecified atom stereocenters. The zero-order chi connectivity index (χ0) is 13.0. The summed E-state index contributed by atoms with van der Waals surface area (Å²) in [7, 11) is 0. The third-order valence-corrected chi connectivity index (χ3v) is 2.68. The van der Waals surface area contributed by atoms with Gasteiger partial charge in [0.1, 0.15) is 22.5 Å². The quantitative estimate of drug-likeness (QED) is 0.656. The van der Waals surface area contributed by atoms with Crippen LogP contribution in [0.3, 0.4) is 0 Å². The van der Waals surface area contributed by atoms with Crippen LogP contribution in [0.15, 0.2) is 11.1 Å². The molecule has 0 atom stereocenters. The number of hydrogen-bond donors (Lipinski definition) is 3. The predicted molar refractivity (Wildman–Crippen MR) is 58.7 cm³/mol. The molecular formula is C9H7N3O4S. The zero-order valence-corrected chi connectivity index (χ0v) is 9.19. The molecule has 0 amide bonds. The van der Waals surface area contributed by atoms with E-state index >= 15 is 0 Å².